The van der Waals surface area contributed by atoms with E-state index in [-0.39, 0.29) is 0 Å². The first-order valence-electron chi connectivity index (χ1n) is 7.85. The Morgan fingerprint density at radius 3 is 2.52 bits per heavy atom. The minimum Gasteiger partial charge on any atom is -0.494 e. The molecule has 3 rings (SSSR count). The molecule has 0 aliphatic carbocycles. The van der Waals surface area contributed by atoms with Gasteiger partial charge in [-0.2, -0.15) is 0 Å². The van der Waals surface area contributed by atoms with Gasteiger partial charge in [0.25, 0.3) is 0 Å². The Bertz CT molecular complexity index is 677. The molecule has 0 saturated heterocycles. The molecule has 2 N–H and O–H groups in total. The summed E-state index contributed by atoms with van der Waals surface area (Å²) in [5.74, 6) is -0.747. The second-order valence-corrected chi connectivity index (χ2v) is 6.43. The van der Waals surface area contributed by atoms with Gasteiger partial charge in [-0.25, -0.2) is 0 Å². The van der Waals surface area contributed by atoms with E-state index in [4.69, 9.17) is 9.47 Å². The van der Waals surface area contributed by atoms with Crippen LogP contribution in [0.15, 0.2) is 48.5 Å². The van der Waals surface area contributed by atoms with Crippen LogP contribution in [-0.2, 0) is 11.8 Å². The third-order valence-electron chi connectivity index (χ3n) is 4.41. The van der Waals surface area contributed by atoms with Crippen LogP contribution in [0.5, 0.6) is 11.5 Å². The van der Waals surface area contributed by atoms with Crippen LogP contribution in [-0.4, -0.2) is 22.8 Å². The van der Waals surface area contributed by atoms with Gasteiger partial charge in [-0.1, -0.05) is 30.3 Å². The Balaban J connectivity index is 1.59. The number of para-hydroxylation sites is 1. The van der Waals surface area contributed by atoms with Crippen molar-refractivity contribution in [2.45, 2.75) is 38.1 Å². The maximum Gasteiger partial charge on any atom is 0.331 e. The highest BCUT2D eigenvalue weighted by atomic mass is 16.8. The zero-order valence-corrected chi connectivity index (χ0v) is 13.5. The van der Waals surface area contributed by atoms with E-state index in [9.17, 15) is 10.2 Å². The Hall–Kier alpha value is -2.04. The van der Waals surface area contributed by atoms with E-state index in [1.165, 1.54) is 0 Å². The number of aryl methyl sites for hydroxylation is 1. The highest BCUT2D eigenvalue weighted by Crippen LogP contribution is 2.46. The molecule has 0 unspecified atom stereocenters. The molecule has 1 aliphatic rings. The molecule has 122 valence electrons. The summed E-state index contributed by atoms with van der Waals surface area (Å²) >= 11 is 0. The molecule has 0 aromatic heterocycles. The number of benzene rings is 2. The minimum atomic E-state index is -2.16. The van der Waals surface area contributed by atoms with Gasteiger partial charge in [0.15, 0.2) is 0 Å². The van der Waals surface area contributed by atoms with Crippen molar-refractivity contribution in [3.05, 3.63) is 59.7 Å². The molecule has 4 nitrogen and oxygen atoms in total. The molecule has 0 bridgehead atoms. The van der Waals surface area contributed by atoms with Gasteiger partial charge in [0, 0.05) is 5.56 Å². The number of hydrogen-bond acceptors (Lipinski definition) is 4. The van der Waals surface area contributed by atoms with E-state index in [1.807, 2.05) is 48.5 Å². The normalized spacial score (nSPS) is 17.4. The molecular formula is C19H22O4. The molecule has 0 fully saturated rings. The molecular weight excluding hydrogens is 292 g/mol. The molecule has 0 radical (unpaired) electrons. The Labute approximate surface area is 136 Å². The summed E-state index contributed by atoms with van der Waals surface area (Å²) in [6.45, 7) is 4.15. The van der Waals surface area contributed by atoms with Gasteiger partial charge < -0.3 is 19.7 Å². The number of aliphatic hydroxyl groups is 2. The smallest absolute Gasteiger partial charge is 0.331 e. The first kappa shape index (κ1) is 15.8. The van der Waals surface area contributed by atoms with Crippen molar-refractivity contribution in [1.82, 2.24) is 0 Å². The van der Waals surface area contributed by atoms with Crippen molar-refractivity contribution in [1.29, 1.82) is 0 Å². The fraction of sp³-hybridized carbons (Fsp3) is 0.368. The van der Waals surface area contributed by atoms with Crippen molar-refractivity contribution in [3.63, 3.8) is 0 Å². The van der Waals surface area contributed by atoms with Gasteiger partial charge >= 0.3 is 5.97 Å². The Morgan fingerprint density at radius 1 is 1.04 bits per heavy atom. The van der Waals surface area contributed by atoms with E-state index in [0.717, 1.165) is 29.7 Å². The largest absolute Gasteiger partial charge is 0.494 e. The third kappa shape index (κ3) is 3.05. The fourth-order valence-electron chi connectivity index (χ4n) is 2.76. The molecule has 4 heteroatoms. The summed E-state index contributed by atoms with van der Waals surface area (Å²) in [4.78, 5) is 0. The molecule has 0 amide bonds. The zero-order chi connectivity index (χ0) is 16.5. The van der Waals surface area contributed by atoms with Crippen LogP contribution in [0.1, 0.15) is 31.4 Å². The monoisotopic (exact) mass is 314 g/mol. The first-order valence-corrected chi connectivity index (χ1v) is 7.85. The molecule has 1 heterocycles. The predicted octanol–water partition coefficient (Wildman–Crippen LogP) is 3.01. The lowest BCUT2D eigenvalue weighted by atomic mass is 9.83. The molecule has 1 aliphatic heterocycles. The van der Waals surface area contributed by atoms with Crippen LogP contribution >= 0.6 is 0 Å². The highest BCUT2D eigenvalue weighted by molar-refractivity contribution is 5.46. The van der Waals surface area contributed by atoms with Gasteiger partial charge in [-0.3, -0.25) is 0 Å². The first-order chi connectivity index (χ1) is 10.9. The van der Waals surface area contributed by atoms with Crippen LogP contribution in [0.4, 0.5) is 0 Å². The SMILES string of the molecule is CC1(C)c2ccc(CCCOc3ccccc3)cc2OC1(O)O. The van der Waals surface area contributed by atoms with Crippen LogP contribution < -0.4 is 9.47 Å². The number of ether oxygens (including phenoxy) is 2. The Morgan fingerprint density at radius 2 is 1.78 bits per heavy atom. The maximum atomic E-state index is 9.99. The van der Waals surface area contributed by atoms with Crippen molar-refractivity contribution >= 4 is 0 Å². The second kappa shape index (κ2) is 5.87. The predicted molar refractivity (Wildman–Crippen MR) is 87.5 cm³/mol. The number of hydrogen-bond donors (Lipinski definition) is 2. The van der Waals surface area contributed by atoms with Crippen molar-refractivity contribution in [2.24, 2.45) is 0 Å². The van der Waals surface area contributed by atoms with Gasteiger partial charge in [0.05, 0.1) is 12.0 Å². The molecule has 0 atom stereocenters. The summed E-state index contributed by atoms with van der Waals surface area (Å²) < 4.78 is 11.0. The summed E-state index contributed by atoms with van der Waals surface area (Å²) in [6.07, 6.45) is 1.72. The van der Waals surface area contributed by atoms with Gasteiger partial charge in [-0.05, 0) is 50.5 Å². The number of fused-ring (bicyclic) bond motifs is 1. The number of rotatable bonds is 5. The zero-order valence-electron chi connectivity index (χ0n) is 13.5. The lowest BCUT2D eigenvalue weighted by molar-refractivity contribution is -0.314. The molecule has 2 aromatic carbocycles. The quantitative estimate of drug-likeness (QED) is 0.658. The lowest BCUT2D eigenvalue weighted by Gasteiger charge is -2.28. The van der Waals surface area contributed by atoms with Crippen LogP contribution in [0, 0.1) is 0 Å². The van der Waals surface area contributed by atoms with E-state index < -0.39 is 11.4 Å². The van der Waals surface area contributed by atoms with Crippen molar-refractivity contribution < 1.29 is 19.7 Å². The summed E-state index contributed by atoms with van der Waals surface area (Å²) in [6, 6.07) is 15.5. The Kier molecular flexibility index (Phi) is 4.04. The minimum absolute atomic E-state index is 0.543. The highest BCUT2D eigenvalue weighted by Gasteiger charge is 2.53. The topological polar surface area (TPSA) is 58.9 Å². The van der Waals surface area contributed by atoms with Gasteiger partial charge in [0.1, 0.15) is 11.5 Å². The van der Waals surface area contributed by atoms with Crippen LogP contribution in [0.2, 0.25) is 0 Å². The van der Waals surface area contributed by atoms with Crippen LogP contribution in [0.25, 0.3) is 0 Å². The van der Waals surface area contributed by atoms with Crippen LogP contribution in [0.3, 0.4) is 0 Å². The molecule has 23 heavy (non-hydrogen) atoms. The van der Waals surface area contributed by atoms with Gasteiger partial charge in [0.2, 0.25) is 0 Å². The van der Waals surface area contributed by atoms with Crippen molar-refractivity contribution in [3.8, 4) is 11.5 Å². The molecule has 2 aromatic rings. The lowest BCUT2D eigenvalue weighted by Crippen LogP contribution is -2.47. The maximum absolute atomic E-state index is 9.99. The third-order valence-corrected chi connectivity index (χ3v) is 4.41. The average molecular weight is 314 g/mol. The fourth-order valence-corrected chi connectivity index (χ4v) is 2.76. The van der Waals surface area contributed by atoms with E-state index in [1.54, 1.807) is 13.8 Å². The van der Waals surface area contributed by atoms with E-state index in [0.29, 0.717) is 12.4 Å². The molecule has 0 spiro atoms. The summed E-state index contributed by atoms with van der Waals surface area (Å²) in [5.41, 5.74) is 1.05. The molecule has 0 saturated carbocycles. The van der Waals surface area contributed by atoms with Crippen molar-refractivity contribution in [2.75, 3.05) is 6.61 Å². The summed E-state index contributed by atoms with van der Waals surface area (Å²) in [5, 5.41) is 20.0. The second-order valence-electron chi connectivity index (χ2n) is 6.43. The standard InChI is InChI=1S/C19H22O4/c1-18(2)16-11-10-14(13-17(16)23-19(18,20)21)7-6-12-22-15-8-4-3-5-9-15/h3-5,8-11,13,20-21H,6-7,12H2,1-2H3. The summed E-state index contributed by atoms with van der Waals surface area (Å²) in [7, 11) is 0. The van der Waals surface area contributed by atoms with E-state index >= 15 is 0 Å². The van der Waals surface area contributed by atoms with E-state index in [2.05, 4.69) is 0 Å². The van der Waals surface area contributed by atoms with Gasteiger partial charge in [-0.15, -0.1) is 0 Å². The average Bonchev–Trinajstić information content (AvgIpc) is 2.69.